The van der Waals surface area contributed by atoms with E-state index in [1.54, 1.807) is 12.3 Å². The summed E-state index contributed by atoms with van der Waals surface area (Å²) in [7, 11) is -3.56. The Kier molecular flexibility index (Phi) is 4.14. The van der Waals surface area contributed by atoms with Crippen molar-refractivity contribution in [2.75, 3.05) is 6.54 Å². The van der Waals surface area contributed by atoms with Gasteiger partial charge in [-0.25, -0.2) is 18.1 Å². The summed E-state index contributed by atoms with van der Waals surface area (Å²) in [4.78, 5) is 4.47. The molecule has 0 saturated heterocycles. The standard InChI is InChI=1S/C16H19ClN2O2S/c1-10(2)8-19-22(20,21)16-13-5-3-4-11(13)6-12-9-18-15(17)7-14(12)16/h6-7,9-10,19H,3-5,8H2,1-2H3. The molecule has 0 spiro atoms. The number of nitrogens with one attached hydrogen (secondary N) is 1. The number of fused-ring (bicyclic) bond motifs is 2. The number of sulfonamides is 1. The van der Waals surface area contributed by atoms with Crippen molar-refractivity contribution in [2.24, 2.45) is 5.92 Å². The molecule has 0 fully saturated rings. The Morgan fingerprint density at radius 3 is 2.82 bits per heavy atom. The van der Waals surface area contributed by atoms with E-state index < -0.39 is 10.0 Å². The van der Waals surface area contributed by atoms with Crippen molar-refractivity contribution in [3.8, 4) is 0 Å². The van der Waals surface area contributed by atoms with Gasteiger partial charge in [0.25, 0.3) is 0 Å². The lowest BCUT2D eigenvalue weighted by Gasteiger charge is -2.15. The van der Waals surface area contributed by atoms with Crippen LogP contribution in [0.5, 0.6) is 0 Å². The Hall–Kier alpha value is -1.17. The predicted octanol–water partition coefficient (Wildman–Crippen LogP) is 3.31. The summed E-state index contributed by atoms with van der Waals surface area (Å²) >= 11 is 5.99. The third-order valence-corrected chi connectivity index (χ3v) is 5.72. The number of aromatic nitrogens is 1. The molecular weight excluding hydrogens is 320 g/mol. The Morgan fingerprint density at radius 2 is 2.09 bits per heavy atom. The van der Waals surface area contributed by atoms with E-state index in [4.69, 9.17) is 11.6 Å². The van der Waals surface area contributed by atoms with Crippen LogP contribution in [-0.2, 0) is 22.9 Å². The average Bonchev–Trinajstić information content (AvgIpc) is 2.90. The van der Waals surface area contributed by atoms with Crippen molar-refractivity contribution < 1.29 is 8.42 Å². The molecule has 0 aliphatic heterocycles. The predicted molar refractivity (Wildman–Crippen MR) is 88.8 cm³/mol. The number of benzene rings is 1. The lowest BCUT2D eigenvalue weighted by Crippen LogP contribution is -2.28. The van der Waals surface area contributed by atoms with Gasteiger partial charge in [0, 0.05) is 23.5 Å². The van der Waals surface area contributed by atoms with Crippen LogP contribution >= 0.6 is 11.6 Å². The first-order valence-corrected chi connectivity index (χ1v) is 9.34. The number of aryl methyl sites for hydroxylation is 1. The monoisotopic (exact) mass is 338 g/mol. The zero-order valence-corrected chi connectivity index (χ0v) is 14.3. The topological polar surface area (TPSA) is 59.1 Å². The molecular formula is C16H19ClN2O2S. The van der Waals surface area contributed by atoms with E-state index >= 15 is 0 Å². The summed E-state index contributed by atoms with van der Waals surface area (Å²) in [5.41, 5.74) is 2.05. The quantitative estimate of drug-likeness (QED) is 0.870. The molecule has 1 aromatic heterocycles. The molecule has 0 atom stereocenters. The first kappa shape index (κ1) is 15.7. The van der Waals surface area contributed by atoms with Gasteiger partial charge in [-0.3, -0.25) is 0 Å². The highest BCUT2D eigenvalue weighted by atomic mass is 35.5. The molecule has 3 rings (SSSR count). The van der Waals surface area contributed by atoms with Crippen LogP contribution in [0.3, 0.4) is 0 Å². The molecule has 0 bridgehead atoms. The Labute approximate surface area is 135 Å². The maximum Gasteiger partial charge on any atom is 0.241 e. The summed E-state index contributed by atoms with van der Waals surface area (Å²) in [6.07, 6.45) is 4.35. The zero-order chi connectivity index (χ0) is 15.9. The maximum absolute atomic E-state index is 12.8. The molecule has 1 heterocycles. The maximum atomic E-state index is 12.8. The Bertz CT molecular complexity index is 832. The highest BCUT2D eigenvalue weighted by Crippen LogP contribution is 2.35. The van der Waals surface area contributed by atoms with Crippen LogP contribution in [0.1, 0.15) is 31.4 Å². The van der Waals surface area contributed by atoms with Crippen molar-refractivity contribution >= 4 is 32.4 Å². The first-order chi connectivity index (χ1) is 10.4. The minimum absolute atomic E-state index is 0.253. The second-order valence-electron chi connectivity index (χ2n) is 6.17. The van der Waals surface area contributed by atoms with Crippen molar-refractivity contribution in [3.63, 3.8) is 0 Å². The summed E-state index contributed by atoms with van der Waals surface area (Å²) in [6, 6.07) is 3.70. The van der Waals surface area contributed by atoms with Gasteiger partial charge >= 0.3 is 0 Å². The lowest BCUT2D eigenvalue weighted by molar-refractivity contribution is 0.560. The van der Waals surface area contributed by atoms with Crippen LogP contribution in [0.15, 0.2) is 23.2 Å². The van der Waals surface area contributed by atoms with Crippen molar-refractivity contribution in [1.29, 1.82) is 0 Å². The van der Waals surface area contributed by atoms with E-state index in [0.29, 0.717) is 22.0 Å². The number of rotatable bonds is 4. The molecule has 118 valence electrons. The van der Waals surface area contributed by atoms with Gasteiger partial charge in [-0.05, 0) is 48.4 Å². The van der Waals surface area contributed by atoms with Gasteiger partial charge in [0.05, 0.1) is 4.90 Å². The number of hydrogen-bond donors (Lipinski definition) is 1. The number of hydrogen-bond acceptors (Lipinski definition) is 3. The third-order valence-electron chi connectivity index (χ3n) is 3.96. The zero-order valence-electron chi connectivity index (χ0n) is 12.7. The summed E-state index contributed by atoms with van der Waals surface area (Å²) in [6.45, 7) is 4.39. The van der Waals surface area contributed by atoms with Crippen LogP contribution < -0.4 is 4.72 Å². The van der Waals surface area contributed by atoms with Gasteiger partial charge < -0.3 is 0 Å². The van der Waals surface area contributed by atoms with Gasteiger partial charge in [-0.2, -0.15) is 0 Å². The van der Waals surface area contributed by atoms with Crippen molar-refractivity contribution in [2.45, 2.75) is 38.0 Å². The number of pyridine rings is 1. The van der Waals surface area contributed by atoms with E-state index in [-0.39, 0.29) is 5.92 Å². The molecule has 1 aromatic carbocycles. The highest BCUT2D eigenvalue weighted by Gasteiger charge is 2.27. The van der Waals surface area contributed by atoms with Crippen molar-refractivity contribution in [3.05, 3.63) is 34.6 Å². The Balaban J connectivity index is 2.24. The van der Waals surface area contributed by atoms with Gasteiger partial charge in [-0.1, -0.05) is 25.4 Å². The SMILES string of the molecule is CC(C)CNS(=O)(=O)c1c2c(cc3cnc(Cl)cc13)CCC2. The largest absolute Gasteiger partial charge is 0.244 e. The van der Waals surface area contributed by atoms with E-state index in [0.717, 1.165) is 35.8 Å². The van der Waals surface area contributed by atoms with Crippen LogP contribution in [0.2, 0.25) is 5.15 Å². The molecule has 2 aromatic rings. The van der Waals surface area contributed by atoms with Crippen molar-refractivity contribution in [1.82, 2.24) is 9.71 Å². The molecule has 4 nitrogen and oxygen atoms in total. The van der Waals surface area contributed by atoms with E-state index in [9.17, 15) is 8.42 Å². The van der Waals surface area contributed by atoms with E-state index in [1.165, 1.54) is 0 Å². The van der Waals surface area contributed by atoms with Crippen LogP contribution in [0.25, 0.3) is 10.8 Å². The summed E-state index contributed by atoms with van der Waals surface area (Å²) in [5.74, 6) is 0.253. The molecule has 0 saturated carbocycles. The molecule has 1 N–H and O–H groups in total. The second kappa shape index (κ2) is 5.80. The van der Waals surface area contributed by atoms with Crippen LogP contribution in [0.4, 0.5) is 0 Å². The smallest absolute Gasteiger partial charge is 0.241 e. The lowest BCUT2D eigenvalue weighted by atomic mass is 10.0. The second-order valence-corrected chi connectivity index (χ2v) is 8.26. The minimum Gasteiger partial charge on any atom is -0.244 e. The average molecular weight is 339 g/mol. The first-order valence-electron chi connectivity index (χ1n) is 7.48. The summed E-state index contributed by atoms with van der Waals surface area (Å²) < 4.78 is 28.4. The van der Waals surface area contributed by atoms with Crippen LogP contribution in [0, 0.1) is 5.92 Å². The Morgan fingerprint density at radius 1 is 1.32 bits per heavy atom. The van der Waals surface area contributed by atoms with Gasteiger partial charge in [-0.15, -0.1) is 0 Å². The minimum atomic E-state index is -3.56. The third kappa shape index (κ3) is 2.85. The molecule has 22 heavy (non-hydrogen) atoms. The van der Waals surface area contributed by atoms with Gasteiger partial charge in [0.1, 0.15) is 5.15 Å². The molecule has 0 unspecified atom stereocenters. The fourth-order valence-corrected chi connectivity index (χ4v) is 4.82. The van der Waals surface area contributed by atoms with E-state index in [2.05, 4.69) is 9.71 Å². The number of nitrogens with zero attached hydrogens (tertiary/aromatic N) is 1. The fourth-order valence-electron chi connectivity index (χ4n) is 2.94. The highest BCUT2D eigenvalue weighted by molar-refractivity contribution is 7.89. The molecule has 0 amide bonds. The molecule has 1 aliphatic carbocycles. The molecule has 1 aliphatic rings. The van der Waals surface area contributed by atoms with Gasteiger partial charge in [0.15, 0.2) is 0 Å². The fraction of sp³-hybridized carbons (Fsp3) is 0.438. The van der Waals surface area contributed by atoms with Crippen LogP contribution in [-0.4, -0.2) is 19.9 Å². The molecule has 0 radical (unpaired) electrons. The summed E-state index contributed by atoms with van der Waals surface area (Å²) in [5, 5.41) is 1.80. The number of halogens is 1. The normalized spacial score (nSPS) is 14.7. The molecule has 6 heteroatoms. The van der Waals surface area contributed by atoms with E-state index in [1.807, 2.05) is 19.9 Å². The van der Waals surface area contributed by atoms with Gasteiger partial charge in [0.2, 0.25) is 10.0 Å².